The van der Waals surface area contributed by atoms with Crippen molar-refractivity contribution in [1.29, 1.82) is 0 Å². The molecule has 1 aromatic carbocycles. The maximum absolute atomic E-state index is 5.44. The van der Waals surface area contributed by atoms with Crippen LogP contribution in [0, 0.1) is 6.92 Å². The Morgan fingerprint density at radius 1 is 1.35 bits per heavy atom. The molecule has 0 amide bonds. The highest BCUT2D eigenvalue weighted by molar-refractivity contribution is 5.37. The van der Waals surface area contributed by atoms with E-state index < -0.39 is 0 Å². The largest absolute Gasteiger partial charge is 0.496 e. The monoisotopic (exact) mass is 273 g/mol. The molecule has 20 heavy (non-hydrogen) atoms. The molecule has 4 nitrogen and oxygen atoms in total. The maximum Gasteiger partial charge on any atom is 0.123 e. The van der Waals surface area contributed by atoms with Crippen molar-refractivity contribution in [3.63, 3.8) is 0 Å². The highest BCUT2D eigenvalue weighted by Crippen LogP contribution is 2.21. The van der Waals surface area contributed by atoms with Gasteiger partial charge in [0.05, 0.1) is 20.2 Å². The number of ether oxygens (including phenoxy) is 1. The summed E-state index contributed by atoms with van der Waals surface area (Å²) >= 11 is 0. The maximum atomic E-state index is 5.44. The van der Waals surface area contributed by atoms with Gasteiger partial charge in [-0.3, -0.25) is 0 Å². The number of aryl methyl sites for hydroxylation is 1. The highest BCUT2D eigenvalue weighted by Gasteiger charge is 2.07. The zero-order valence-electron chi connectivity index (χ0n) is 12.5. The first kappa shape index (κ1) is 14.6. The van der Waals surface area contributed by atoms with Gasteiger partial charge in [0.25, 0.3) is 0 Å². The Morgan fingerprint density at radius 3 is 2.95 bits per heavy atom. The first-order chi connectivity index (χ1) is 9.74. The van der Waals surface area contributed by atoms with Crippen LogP contribution in [0.3, 0.4) is 0 Å². The summed E-state index contributed by atoms with van der Waals surface area (Å²) in [5, 5.41) is 3.39. The van der Waals surface area contributed by atoms with Crippen molar-refractivity contribution in [2.24, 2.45) is 0 Å². The van der Waals surface area contributed by atoms with Gasteiger partial charge in [0.15, 0.2) is 0 Å². The minimum atomic E-state index is 0.786. The van der Waals surface area contributed by atoms with Crippen LogP contribution >= 0.6 is 0 Å². The van der Waals surface area contributed by atoms with Crippen LogP contribution in [0.15, 0.2) is 30.6 Å². The molecule has 1 N–H and O–H groups in total. The van der Waals surface area contributed by atoms with E-state index in [1.54, 1.807) is 7.11 Å². The van der Waals surface area contributed by atoms with Crippen molar-refractivity contribution < 1.29 is 4.74 Å². The van der Waals surface area contributed by atoms with Crippen LogP contribution in [-0.2, 0) is 13.1 Å². The van der Waals surface area contributed by atoms with Crippen molar-refractivity contribution in [2.45, 2.75) is 33.4 Å². The summed E-state index contributed by atoms with van der Waals surface area (Å²) in [5.74, 6) is 1.98. The smallest absolute Gasteiger partial charge is 0.123 e. The van der Waals surface area contributed by atoms with Gasteiger partial charge in [0, 0.05) is 18.0 Å². The quantitative estimate of drug-likeness (QED) is 0.788. The van der Waals surface area contributed by atoms with Crippen LogP contribution in [0.5, 0.6) is 5.75 Å². The Bertz CT molecular complexity index is 548. The van der Waals surface area contributed by atoms with E-state index in [1.807, 2.05) is 18.5 Å². The average Bonchev–Trinajstić information content (AvgIpc) is 2.87. The molecule has 0 atom stereocenters. The highest BCUT2D eigenvalue weighted by atomic mass is 16.5. The Kier molecular flexibility index (Phi) is 5.18. The van der Waals surface area contributed by atoms with E-state index in [2.05, 4.69) is 40.8 Å². The number of nitrogens with one attached hydrogen (secondary N) is 1. The SMILES string of the molecule is CCCNCc1nccn1Cc1cc(C)ccc1OC. The van der Waals surface area contributed by atoms with E-state index in [4.69, 9.17) is 4.74 Å². The summed E-state index contributed by atoms with van der Waals surface area (Å²) in [6.07, 6.45) is 5.00. The standard InChI is InChI=1S/C16H23N3O/c1-4-7-17-11-16-18-8-9-19(16)12-14-10-13(2)5-6-15(14)20-3/h5-6,8-10,17H,4,7,11-12H2,1-3H3. The zero-order chi connectivity index (χ0) is 14.4. The molecular weight excluding hydrogens is 250 g/mol. The molecular formula is C16H23N3O. The number of methoxy groups -OCH3 is 1. The fourth-order valence-corrected chi connectivity index (χ4v) is 2.24. The zero-order valence-corrected chi connectivity index (χ0v) is 12.5. The van der Waals surface area contributed by atoms with Crippen molar-refractivity contribution in [1.82, 2.24) is 14.9 Å². The topological polar surface area (TPSA) is 39.1 Å². The second-order valence-electron chi connectivity index (χ2n) is 4.96. The molecule has 0 saturated heterocycles. The lowest BCUT2D eigenvalue weighted by atomic mass is 10.1. The Balaban J connectivity index is 2.14. The lowest BCUT2D eigenvalue weighted by molar-refractivity contribution is 0.408. The van der Waals surface area contributed by atoms with Gasteiger partial charge in [-0.05, 0) is 26.0 Å². The molecule has 0 saturated carbocycles. The lowest BCUT2D eigenvalue weighted by Crippen LogP contribution is -2.18. The van der Waals surface area contributed by atoms with Crippen molar-refractivity contribution >= 4 is 0 Å². The third kappa shape index (κ3) is 3.61. The Morgan fingerprint density at radius 2 is 2.20 bits per heavy atom. The summed E-state index contributed by atoms with van der Waals surface area (Å²) < 4.78 is 7.60. The minimum absolute atomic E-state index is 0.786. The van der Waals surface area contributed by atoms with Crippen molar-refractivity contribution in [3.05, 3.63) is 47.5 Å². The molecule has 1 heterocycles. The van der Waals surface area contributed by atoms with Gasteiger partial charge in [-0.2, -0.15) is 0 Å². The van der Waals surface area contributed by atoms with E-state index in [0.29, 0.717) is 0 Å². The Labute approximate surface area is 120 Å². The summed E-state index contributed by atoms with van der Waals surface area (Å²) in [5.41, 5.74) is 2.42. The molecule has 0 aliphatic heterocycles. The first-order valence-electron chi connectivity index (χ1n) is 7.08. The van der Waals surface area contributed by atoms with Crippen molar-refractivity contribution in [3.8, 4) is 5.75 Å². The molecule has 0 unspecified atom stereocenters. The third-order valence-corrected chi connectivity index (χ3v) is 3.29. The predicted molar refractivity (Wildman–Crippen MR) is 81.1 cm³/mol. The fraction of sp³-hybridized carbons (Fsp3) is 0.438. The number of hydrogen-bond acceptors (Lipinski definition) is 3. The summed E-state index contributed by atoms with van der Waals surface area (Å²) in [6.45, 7) is 6.86. The molecule has 0 spiro atoms. The molecule has 0 bridgehead atoms. The molecule has 0 aliphatic carbocycles. The number of aromatic nitrogens is 2. The van der Waals surface area contributed by atoms with Gasteiger partial charge >= 0.3 is 0 Å². The molecule has 4 heteroatoms. The van der Waals surface area contributed by atoms with Crippen molar-refractivity contribution in [2.75, 3.05) is 13.7 Å². The number of nitrogens with zero attached hydrogens (tertiary/aromatic N) is 2. The second kappa shape index (κ2) is 7.10. The predicted octanol–water partition coefficient (Wildman–Crippen LogP) is 2.75. The summed E-state index contributed by atoms with van der Waals surface area (Å²) in [7, 11) is 1.71. The van der Waals surface area contributed by atoms with Crippen LogP contribution in [0.1, 0.15) is 30.3 Å². The third-order valence-electron chi connectivity index (χ3n) is 3.29. The van der Waals surface area contributed by atoms with Gasteiger partial charge in [-0.1, -0.05) is 24.6 Å². The van der Waals surface area contributed by atoms with Gasteiger partial charge in [-0.25, -0.2) is 4.98 Å². The molecule has 0 radical (unpaired) electrons. The fourth-order valence-electron chi connectivity index (χ4n) is 2.24. The number of benzene rings is 1. The number of hydrogen-bond donors (Lipinski definition) is 1. The first-order valence-corrected chi connectivity index (χ1v) is 7.08. The number of imidazole rings is 1. The van der Waals surface area contributed by atoms with E-state index in [1.165, 1.54) is 11.1 Å². The van der Waals surface area contributed by atoms with Gasteiger partial charge in [-0.15, -0.1) is 0 Å². The van der Waals surface area contributed by atoms with Gasteiger partial charge < -0.3 is 14.6 Å². The van der Waals surface area contributed by atoms with Crippen LogP contribution in [-0.4, -0.2) is 23.2 Å². The summed E-state index contributed by atoms with van der Waals surface area (Å²) in [4.78, 5) is 4.42. The van der Waals surface area contributed by atoms with E-state index in [9.17, 15) is 0 Å². The molecule has 2 aromatic rings. The van der Waals surface area contributed by atoms with E-state index >= 15 is 0 Å². The molecule has 108 valence electrons. The van der Waals surface area contributed by atoms with E-state index in [-0.39, 0.29) is 0 Å². The van der Waals surface area contributed by atoms with E-state index in [0.717, 1.165) is 37.6 Å². The molecule has 0 fully saturated rings. The molecule has 2 rings (SSSR count). The van der Waals surface area contributed by atoms with Crippen LogP contribution in [0.4, 0.5) is 0 Å². The van der Waals surface area contributed by atoms with Crippen LogP contribution in [0.2, 0.25) is 0 Å². The molecule has 1 aromatic heterocycles. The lowest BCUT2D eigenvalue weighted by Gasteiger charge is -2.12. The minimum Gasteiger partial charge on any atom is -0.496 e. The summed E-state index contributed by atoms with van der Waals surface area (Å²) in [6, 6.07) is 6.26. The number of rotatable bonds is 7. The van der Waals surface area contributed by atoms with Gasteiger partial charge in [0.1, 0.15) is 11.6 Å². The van der Waals surface area contributed by atoms with Gasteiger partial charge in [0.2, 0.25) is 0 Å². The second-order valence-corrected chi connectivity index (χ2v) is 4.96. The average molecular weight is 273 g/mol. The van der Waals surface area contributed by atoms with Crippen LogP contribution in [0.25, 0.3) is 0 Å². The Hall–Kier alpha value is -1.81. The molecule has 0 aliphatic rings. The normalized spacial score (nSPS) is 10.8. The van der Waals surface area contributed by atoms with Crippen LogP contribution < -0.4 is 10.1 Å².